The molecule has 0 unspecified atom stereocenters. The molecule has 182 valence electrons. The smallest absolute Gasteiger partial charge is 0.243 e. The first-order valence-corrected chi connectivity index (χ1v) is 12.4. The largest absolute Gasteiger partial charge is 0.326 e. The monoisotopic (exact) mass is 475 g/mol. The first kappa shape index (κ1) is 23.7. The summed E-state index contributed by atoms with van der Waals surface area (Å²) in [6, 6.07) is 15.1. The molecular weight excluding hydrogens is 442 g/mol. The molecule has 5 heteroatoms. The normalized spacial score (nSPS) is 11.3. The Kier molecular flexibility index (Phi) is 6.31. The SMILES string of the molecule is Cc1cc(C)c(-n2[c-][n+](Cc3cccc(C[n+]4[c-]n(-c5c(C)cc(C)cc5C)cc4)n3)cc2)c(C)c1. The number of hydrogen-bond acceptors (Lipinski definition) is 1. The molecule has 0 N–H and O–H groups in total. The van der Waals surface area contributed by atoms with E-state index in [0.717, 1.165) is 11.4 Å². The van der Waals surface area contributed by atoms with Gasteiger partial charge in [0.05, 0.1) is 22.8 Å². The van der Waals surface area contributed by atoms with Gasteiger partial charge in [-0.2, -0.15) is 0 Å². The third-order valence-corrected chi connectivity index (χ3v) is 6.55. The lowest BCUT2D eigenvalue weighted by molar-refractivity contribution is -0.693. The van der Waals surface area contributed by atoms with Crippen LogP contribution in [0.1, 0.15) is 44.8 Å². The van der Waals surface area contributed by atoms with Crippen molar-refractivity contribution in [3.63, 3.8) is 0 Å². The topological polar surface area (TPSA) is 30.5 Å². The van der Waals surface area contributed by atoms with Crippen molar-refractivity contribution < 1.29 is 9.13 Å². The van der Waals surface area contributed by atoms with Gasteiger partial charge in [-0.3, -0.25) is 0 Å². The summed E-state index contributed by atoms with van der Waals surface area (Å²) in [6.45, 7) is 14.2. The molecule has 0 radical (unpaired) electrons. The molecule has 0 aliphatic carbocycles. The molecule has 0 amide bonds. The first-order chi connectivity index (χ1) is 17.3. The molecule has 3 heterocycles. The van der Waals surface area contributed by atoms with Gasteiger partial charge in [0.25, 0.3) is 0 Å². The minimum atomic E-state index is 0.669. The minimum Gasteiger partial charge on any atom is -0.326 e. The molecule has 0 bridgehead atoms. The van der Waals surface area contributed by atoms with E-state index in [1.165, 1.54) is 44.8 Å². The van der Waals surface area contributed by atoms with Gasteiger partial charge in [0, 0.05) is 24.8 Å². The fourth-order valence-corrected chi connectivity index (χ4v) is 5.29. The highest BCUT2D eigenvalue weighted by molar-refractivity contribution is 5.49. The summed E-state index contributed by atoms with van der Waals surface area (Å²) in [5.74, 6) is 0. The van der Waals surface area contributed by atoms with Crippen LogP contribution < -0.4 is 9.13 Å². The first-order valence-electron chi connectivity index (χ1n) is 12.4. The molecule has 2 aromatic carbocycles. The van der Waals surface area contributed by atoms with Gasteiger partial charge in [-0.15, -0.1) is 0 Å². The third kappa shape index (κ3) is 4.87. The Bertz CT molecular complexity index is 1390. The Morgan fingerprint density at radius 3 is 1.42 bits per heavy atom. The van der Waals surface area contributed by atoms with E-state index in [-0.39, 0.29) is 0 Å². The number of pyridine rings is 1. The van der Waals surface area contributed by atoms with E-state index < -0.39 is 0 Å². The highest BCUT2D eigenvalue weighted by Crippen LogP contribution is 2.21. The molecule has 0 saturated heterocycles. The van der Waals surface area contributed by atoms with Crippen molar-refractivity contribution in [3.05, 3.63) is 125 Å². The Morgan fingerprint density at radius 1 is 0.639 bits per heavy atom. The number of benzene rings is 2. The average molecular weight is 476 g/mol. The van der Waals surface area contributed by atoms with E-state index >= 15 is 0 Å². The van der Waals surface area contributed by atoms with Gasteiger partial charge in [-0.1, -0.05) is 41.5 Å². The van der Waals surface area contributed by atoms with Gasteiger partial charge < -0.3 is 18.3 Å². The van der Waals surface area contributed by atoms with Gasteiger partial charge in [0.1, 0.15) is 13.1 Å². The quantitative estimate of drug-likeness (QED) is 0.257. The summed E-state index contributed by atoms with van der Waals surface area (Å²) in [5.41, 5.74) is 12.0. The van der Waals surface area contributed by atoms with Crippen LogP contribution in [-0.4, -0.2) is 14.1 Å². The number of nitrogens with zero attached hydrogens (tertiary/aromatic N) is 5. The van der Waals surface area contributed by atoms with Crippen LogP contribution in [0.15, 0.2) is 67.3 Å². The second kappa shape index (κ2) is 9.57. The van der Waals surface area contributed by atoms with E-state index in [0.29, 0.717) is 13.1 Å². The van der Waals surface area contributed by atoms with E-state index in [9.17, 15) is 0 Å². The lowest BCUT2D eigenvalue weighted by Gasteiger charge is -2.12. The van der Waals surface area contributed by atoms with Crippen molar-refractivity contribution in [2.24, 2.45) is 0 Å². The Morgan fingerprint density at radius 2 is 1.03 bits per heavy atom. The van der Waals surface area contributed by atoms with E-state index in [2.05, 4.69) is 140 Å². The van der Waals surface area contributed by atoms with E-state index in [4.69, 9.17) is 4.98 Å². The predicted octanol–water partition coefficient (Wildman–Crippen LogP) is 4.79. The van der Waals surface area contributed by atoms with Crippen LogP contribution in [0.5, 0.6) is 0 Å². The molecule has 0 saturated carbocycles. The maximum Gasteiger partial charge on any atom is 0.243 e. The second-order valence-corrected chi connectivity index (χ2v) is 9.91. The van der Waals surface area contributed by atoms with Crippen molar-refractivity contribution in [2.75, 3.05) is 0 Å². The van der Waals surface area contributed by atoms with Gasteiger partial charge in [0.2, 0.25) is 12.7 Å². The maximum absolute atomic E-state index is 4.92. The molecule has 0 spiro atoms. The van der Waals surface area contributed by atoms with Crippen LogP contribution in [0.3, 0.4) is 0 Å². The minimum absolute atomic E-state index is 0.669. The summed E-state index contributed by atoms with van der Waals surface area (Å²) >= 11 is 0. The Labute approximate surface area is 213 Å². The van der Waals surface area contributed by atoms with E-state index in [1.54, 1.807) is 0 Å². The van der Waals surface area contributed by atoms with Crippen LogP contribution in [-0.2, 0) is 13.1 Å². The molecule has 0 aliphatic rings. The summed E-state index contributed by atoms with van der Waals surface area (Å²) in [4.78, 5) is 4.92. The van der Waals surface area contributed by atoms with E-state index in [1.807, 2.05) is 0 Å². The molecular formula is C31H33N5. The molecule has 0 aliphatic heterocycles. The molecule has 0 atom stereocenters. The molecule has 3 aromatic heterocycles. The lowest BCUT2D eigenvalue weighted by atomic mass is 10.1. The predicted molar refractivity (Wildman–Crippen MR) is 140 cm³/mol. The van der Waals surface area contributed by atoms with Crippen LogP contribution in [0.25, 0.3) is 11.4 Å². The van der Waals surface area contributed by atoms with Crippen molar-refractivity contribution in [3.8, 4) is 11.4 Å². The molecule has 5 aromatic rings. The zero-order valence-electron chi connectivity index (χ0n) is 22.0. The van der Waals surface area contributed by atoms with Crippen molar-refractivity contribution in [2.45, 2.75) is 54.6 Å². The standard InChI is InChI=1S/C31H33N5/c1-22-14-24(3)30(25(4)15-22)35-12-10-33(20-35)18-28-8-7-9-29(32-28)19-34-11-13-36(21-34)31-26(5)16-23(2)17-27(31)6/h7-17H,18-19H2,1-6H3. The molecule has 36 heavy (non-hydrogen) atoms. The van der Waals surface area contributed by atoms with Crippen molar-refractivity contribution in [1.29, 1.82) is 0 Å². The summed E-state index contributed by atoms with van der Waals surface area (Å²) in [6.07, 6.45) is 15.2. The van der Waals surface area contributed by atoms with Gasteiger partial charge in [-0.05, 0) is 75.9 Å². The van der Waals surface area contributed by atoms with Gasteiger partial charge in [0.15, 0.2) is 0 Å². The highest BCUT2D eigenvalue weighted by atomic mass is 15.1. The number of hydrogen-bond donors (Lipinski definition) is 0. The van der Waals surface area contributed by atoms with Crippen LogP contribution in [0.2, 0.25) is 0 Å². The summed E-state index contributed by atoms with van der Waals surface area (Å²) in [5, 5.41) is 0. The van der Waals surface area contributed by atoms with Crippen LogP contribution in [0, 0.1) is 54.2 Å². The number of aromatic nitrogens is 5. The Balaban J connectivity index is 1.33. The molecule has 0 fully saturated rings. The zero-order chi connectivity index (χ0) is 25.4. The van der Waals surface area contributed by atoms with Crippen molar-refractivity contribution >= 4 is 0 Å². The zero-order valence-corrected chi connectivity index (χ0v) is 22.0. The number of rotatable bonds is 6. The van der Waals surface area contributed by atoms with Gasteiger partial charge >= 0.3 is 0 Å². The van der Waals surface area contributed by atoms with Crippen LogP contribution >= 0.6 is 0 Å². The summed E-state index contributed by atoms with van der Waals surface area (Å²) < 4.78 is 8.28. The molecule has 5 nitrogen and oxygen atoms in total. The number of imidazole rings is 2. The Hall–Kier alpha value is -3.99. The fourth-order valence-electron chi connectivity index (χ4n) is 5.29. The average Bonchev–Trinajstić information content (AvgIpc) is 3.42. The third-order valence-electron chi connectivity index (χ3n) is 6.55. The number of aryl methyl sites for hydroxylation is 6. The second-order valence-electron chi connectivity index (χ2n) is 9.91. The molecule has 5 rings (SSSR count). The highest BCUT2D eigenvalue weighted by Gasteiger charge is 2.10. The lowest BCUT2D eigenvalue weighted by Crippen LogP contribution is -2.34. The maximum atomic E-state index is 4.92. The fraction of sp³-hybridized carbons (Fsp3) is 0.258. The van der Waals surface area contributed by atoms with Crippen molar-refractivity contribution in [1.82, 2.24) is 14.1 Å². The summed E-state index contributed by atoms with van der Waals surface area (Å²) in [7, 11) is 0. The van der Waals surface area contributed by atoms with Crippen LogP contribution in [0.4, 0.5) is 0 Å². The van der Waals surface area contributed by atoms with Gasteiger partial charge in [-0.25, -0.2) is 4.98 Å².